The van der Waals surface area contributed by atoms with E-state index in [2.05, 4.69) is 20.8 Å². The molecule has 0 unspecified atom stereocenters. The summed E-state index contributed by atoms with van der Waals surface area (Å²) >= 11 is 1.36. The van der Waals surface area contributed by atoms with Gasteiger partial charge in [-0.15, -0.1) is 10.2 Å². The molecule has 3 rings (SSSR count). The molecule has 1 aliphatic heterocycles. The van der Waals surface area contributed by atoms with Crippen molar-refractivity contribution in [3.63, 3.8) is 0 Å². The number of nitrogens with zero attached hydrogens (tertiary/aromatic N) is 3. The lowest BCUT2D eigenvalue weighted by atomic mass is 10.0. The van der Waals surface area contributed by atoms with Crippen molar-refractivity contribution in [2.24, 2.45) is 11.5 Å². The van der Waals surface area contributed by atoms with Gasteiger partial charge in [0.25, 0.3) is 0 Å². The lowest BCUT2D eigenvalue weighted by Gasteiger charge is -2.31. The number of nitrogens with one attached hydrogen (secondary N) is 2. The van der Waals surface area contributed by atoms with Crippen molar-refractivity contribution in [1.82, 2.24) is 20.4 Å². The molecular formula is C31H41N7O3S. The average molecular weight is 592 g/mol. The Hall–Kier alpha value is -4.25. The number of hydrogen-bond donors (Lipinski definition) is 4. The first-order valence-corrected chi connectivity index (χ1v) is 15.0. The Bertz CT molecular complexity index is 1360. The topological polar surface area (TPSA) is 156 Å². The molecule has 11 heteroatoms. The monoisotopic (exact) mass is 591 g/mol. The van der Waals surface area contributed by atoms with Crippen LogP contribution in [0, 0.1) is 0 Å². The van der Waals surface area contributed by atoms with Crippen molar-refractivity contribution in [1.29, 1.82) is 0 Å². The van der Waals surface area contributed by atoms with Crippen LogP contribution in [-0.4, -0.2) is 45.9 Å². The third kappa shape index (κ3) is 11.7. The van der Waals surface area contributed by atoms with E-state index in [1.165, 1.54) is 11.3 Å². The number of hydrogen-bond acceptors (Lipinski definition) is 8. The lowest BCUT2D eigenvalue weighted by molar-refractivity contribution is -0.133. The van der Waals surface area contributed by atoms with E-state index in [-0.39, 0.29) is 36.4 Å². The van der Waals surface area contributed by atoms with E-state index < -0.39 is 0 Å². The highest BCUT2D eigenvalue weighted by atomic mass is 32.1. The van der Waals surface area contributed by atoms with E-state index in [4.69, 9.17) is 11.5 Å². The first-order chi connectivity index (χ1) is 20.2. The Morgan fingerprint density at radius 1 is 1.02 bits per heavy atom. The van der Waals surface area contributed by atoms with Crippen molar-refractivity contribution in [3.05, 3.63) is 87.9 Å². The van der Waals surface area contributed by atoms with Crippen molar-refractivity contribution in [3.8, 4) is 0 Å². The van der Waals surface area contributed by atoms with E-state index in [1.807, 2.05) is 61.2 Å². The summed E-state index contributed by atoms with van der Waals surface area (Å²) in [7, 11) is 0. The number of aryl methyl sites for hydroxylation is 1. The van der Waals surface area contributed by atoms with Crippen LogP contribution < -0.4 is 22.1 Å². The van der Waals surface area contributed by atoms with Crippen molar-refractivity contribution >= 4 is 34.2 Å². The summed E-state index contributed by atoms with van der Waals surface area (Å²) in [5.74, 6) is 0.0203. The van der Waals surface area contributed by atoms with Crippen molar-refractivity contribution in [2.75, 3.05) is 18.4 Å². The standard InChI is InChI=1S/C31H41N7O3S/c1-3-4-9-22(2)18-27(39)34-26(33)15-14-25(32)12-5-6-13-29-36-37-31(42-29)35-28(40)20-23-10-7-11-24(19-23)21-30(41)38-16-8-17-38/h3-4,7,9-11,14-15,19H,5-6,8,12-13,16-18,20-21,32-33H2,1-2H3,(H,34,39)(H,35,37,40)/b4-3-,22-9+,25-14-,26-15+. The average Bonchev–Trinajstić information content (AvgIpc) is 3.34. The maximum absolute atomic E-state index is 12.6. The van der Waals surface area contributed by atoms with Gasteiger partial charge in [0.2, 0.25) is 22.9 Å². The summed E-state index contributed by atoms with van der Waals surface area (Å²) in [6.45, 7) is 5.47. The van der Waals surface area contributed by atoms with Crippen LogP contribution in [-0.2, 0) is 33.6 Å². The minimum absolute atomic E-state index is 0.129. The summed E-state index contributed by atoms with van der Waals surface area (Å²) in [5, 5.41) is 15.1. The van der Waals surface area contributed by atoms with Gasteiger partial charge in [-0.2, -0.15) is 0 Å². The van der Waals surface area contributed by atoms with Gasteiger partial charge in [-0.1, -0.05) is 59.4 Å². The molecule has 0 saturated carbocycles. The molecular weight excluding hydrogens is 550 g/mol. The Morgan fingerprint density at radius 3 is 2.50 bits per heavy atom. The van der Waals surface area contributed by atoms with E-state index in [9.17, 15) is 14.4 Å². The molecule has 3 amide bonds. The second-order valence-corrected chi connectivity index (χ2v) is 11.4. The Labute approximate surface area is 251 Å². The quantitative estimate of drug-likeness (QED) is 0.181. The number of carbonyl (C=O) groups excluding carboxylic acids is 3. The first kappa shape index (κ1) is 32.3. The summed E-state index contributed by atoms with van der Waals surface area (Å²) in [6, 6.07) is 7.59. The fourth-order valence-electron chi connectivity index (χ4n) is 4.16. The molecule has 0 aliphatic carbocycles. The molecule has 2 heterocycles. The number of amides is 3. The summed E-state index contributed by atoms with van der Waals surface area (Å²) in [5.41, 5.74) is 15.3. The molecule has 0 radical (unpaired) electrons. The minimum atomic E-state index is -0.179. The predicted octanol–water partition coefficient (Wildman–Crippen LogP) is 3.88. The maximum Gasteiger partial charge on any atom is 0.230 e. The number of anilines is 1. The summed E-state index contributed by atoms with van der Waals surface area (Å²) < 4.78 is 0. The Morgan fingerprint density at radius 2 is 1.79 bits per heavy atom. The van der Waals surface area contributed by atoms with Gasteiger partial charge in [0.15, 0.2) is 0 Å². The van der Waals surface area contributed by atoms with E-state index in [1.54, 1.807) is 12.2 Å². The molecule has 42 heavy (non-hydrogen) atoms. The highest BCUT2D eigenvalue weighted by Crippen LogP contribution is 2.19. The van der Waals surface area contributed by atoms with E-state index in [0.29, 0.717) is 23.7 Å². The molecule has 1 aromatic carbocycles. The Balaban J connectivity index is 1.35. The van der Waals surface area contributed by atoms with Gasteiger partial charge in [0.05, 0.1) is 12.8 Å². The van der Waals surface area contributed by atoms with E-state index >= 15 is 0 Å². The molecule has 0 bridgehead atoms. The third-order valence-corrected chi connectivity index (χ3v) is 7.41. The third-order valence-electron chi connectivity index (χ3n) is 6.51. The number of unbranched alkanes of at least 4 members (excludes halogenated alkanes) is 1. The minimum Gasteiger partial charge on any atom is -0.402 e. The van der Waals surface area contributed by atoms with E-state index in [0.717, 1.165) is 60.5 Å². The van der Waals surface area contributed by atoms with Crippen LogP contribution in [0.1, 0.15) is 62.1 Å². The van der Waals surface area contributed by atoms with Crippen LogP contribution in [0.25, 0.3) is 0 Å². The summed E-state index contributed by atoms with van der Waals surface area (Å²) in [4.78, 5) is 38.7. The number of rotatable bonds is 15. The number of likely N-dealkylation sites (tertiary alicyclic amines) is 1. The van der Waals surface area contributed by atoms with Gasteiger partial charge in [-0.25, -0.2) is 0 Å². The van der Waals surface area contributed by atoms with Gasteiger partial charge in [0, 0.05) is 31.6 Å². The zero-order chi connectivity index (χ0) is 30.3. The van der Waals surface area contributed by atoms with Crippen molar-refractivity contribution in [2.45, 2.75) is 65.2 Å². The normalized spacial score (nSPS) is 14.1. The predicted molar refractivity (Wildman–Crippen MR) is 167 cm³/mol. The smallest absolute Gasteiger partial charge is 0.230 e. The fourth-order valence-corrected chi connectivity index (χ4v) is 4.96. The molecule has 10 nitrogen and oxygen atoms in total. The molecule has 1 aliphatic rings. The molecule has 0 atom stereocenters. The molecule has 1 aromatic heterocycles. The first-order valence-electron chi connectivity index (χ1n) is 14.2. The number of allylic oxidation sites excluding steroid dienone is 6. The van der Waals surface area contributed by atoms with Gasteiger partial charge >= 0.3 is 0 Å². The lowest BCUT2D eigenvalue weighted by Crippen LogP contribution is -2.42. The molecule has 2 aromatic rings. The second-order valence-electron chi connectivity index (χ2n) is 10.3. The Kier molecular flexibility index (Phi) is 13.0. The highest BCUT2D eigenvalue weighted by Gasteiger charge is 2.20. The number of aromatic nitrogens is 2. The van der Waals surface area contributed by atoms with Gasteiger partial charge in [0.1, 0.15) is 10.8 Å². The molecule has 0 spiro atoms. The van der Waals surface area contributed by atoms with Crippen LogP contribution >= 0.6 is 11.3 Å². The summed E-state index contributed by atoms with van der Waals surface area (Å²) in [6.07, 6.45) is 14.0. The highest BCUT2D eigenvalue weighted by molar-refractivity contribution is 7.15. The molecule has 224 valence electrons. The SMILES string of the molecule is C/C=C\C=C(/C)CC(=O)N/C(N)=C/C=C(\N)CCCCc1nnc(NC(=O)Cc2cccc(CC(=O)N3CCC3)c2)s1. The zero-order valence-electron chi connectivity index (χ0n) is 24.4. The van der Waals surface area contributed by atoms with Crippen LogP contribution in [0.5, 0.6) is 0 Å². The van der Waals surface area contributed by atoms with Crippen LogP contribution in [0.4, 0.5) is 5.13 Å². The number of benzene rings is 1. The van der Waals surface area contributed by atoms with Crippen LogP contribution in [0.3, 0.4) is 0 Å². The van der Waals surface area contributed by atoms with Gasteiger partial charge < -0.3 is 27.0 Å². The number of nitrogens with two attached hydrogens (primary N) is 2. The second kappa shape index (κ2) is 16.9. The number of carbonyl (C=O) groups is 3. The fraction of sp³-hybridized carbons (Fsp3) is 0.387. The molecule has 1 saturated heterocycles. The largest absolute Gasteiger partial charge is 0.402 e. The zero-order valence-corrected chi connectivity index (χ0v) is 25.2. The van der Waals surface area contributed by atoms with Crippen molar-refractivity contribution < 1.29 is 14.4 Å². The van der Waals surface area contributed by atoms with Gasteiger partial charge in [-0.3, -0.25) is 14.4 Å². The van der Waals surface area contributed by atoms with Gasteiger partial charge in [-0.05, 0) is 62.8 Å². The van der Waals surface area contributed by atoms with Crippen LogP contribution in [0.2, 0.25) is 0 Å². The van der Waals surface area contributed by atoms with Crippen LogP contribution in [0.15, 0.2) is 71.7 Å². The maximum atomic E-state index is 12.6. The molecule has 1 fully saturated rings. The molecule has 6 N–H and O–H groups in total.